The molecule has 0 saturated heterocycles. The van der Waals surface area contributed by atoms with Crippen LogP contribution in [0.4, 0.5) is 0 Å². The second-order valence-electron chi connectivity index (χ2n) is 4.89. The number of carbonyl (C=O) groups is 4. The largest absolute Gasteiger partial charge is 0.291 e. The van der Waals surface area contributed by atoms with Crippen LogP contribution < -0.4 is 0 Å². The van der Waals surface area contributed by atoms with E-state index >= 15 is 0 Å². The topological polar surface area (TPSA) is 68.3 Å². The second-order valence-corrected chi connectivity index (χ2v) is 4.89. The third-order valence-corrected chi connectivity index (χ3v) is 2.99. The summed E-state index contributed by atoms with van der Waals surface area (Å²) in [6.07, 6.45) is 11.7. The van der Waals surface area contributed by atoms with Gasteiger partial charge >= 0.3 is 0 Å². The third-order valence-electron chi connectivity index (χ3n) is 2.99. The maximum absolute atomic E-state index is 11.3. The lowest BCUT2D eigenvalue weighted by Gasteiger charge is -1.98. The minimum atomic E-state index is -1.24. The van der Waals surface area contributed by atoms with Crippen molar-refractivity contribution in [2.45, 2.75) is 65.2 Å². The average Bonchev–Trinajstić information content (AvgIpc) is 2.43. The zero-order chi connectivity index (χ0) is 15.4. The molecule has 0 aromatic carbocycles. The highest BCUT2D eigenvalue weighted by Gasteiger charge is 2.23. The second kappa shape index (κ2) is 11.3. The van der Waals surface area contributed by atoms with Crippen LogP contribution in [0.1, 0.15) is 65.2 Å². The minimum Gasteiger partial charge on any atom is -0.291 e. The van der Waals surface area contributed by atoms with Gasteiger partial charge in [-0.2, -0.15) is 0 Å². The monoisotopic (exact) mass is 280 g/mol. The molecule has 0 aromatic rings. The summed E-state index contributed by atoms with van der Waals surface area (Å²) in [5.74, 6) is -4.29. The highest BCUT2D eigenvalue weighted by molar-refractivity contribution is 6.79. The van der Waals surface area contributed by atoms with E-state index in [0.29, 0.717) is 6.42 Å². The van der Waals surface area contributed by atoms with Crippen LogP contribution in [0.25, 0.3) is 0 Å². The zero-order valence-electron chi connectivity index (χ0n) is 12.4. The molecule has 0 amide bonds. The average molecular weight is 280 g/mol. The van der Waals surface area contributed by atoms with Crippen LogP contribution in [0.15, 0.2) is 12.2 Å². The number of unbranched alkanes of at least 4 members (excludes halogenated alkanes) is 7. The van der Waals surface area contributed by atoms with Gasteiger partial charge in [0, 0.05) is 6.92 Å². The summed E-state index contributed by atoms with van der Waals surface area (Å²) in [6, 6.07) is 0. The van der Waals surface area contributed by atoms with Gasteiger partial charge in [0.15, 0.2) is 0 Å². The molecule has 0 radical (unpaired) electrons. The number of ketones is 4. The summed E-state index contributed by atoms with van der Waals surface area (Å²) in [6.45, 7) is 3.16. The van der Waals surface area contributed by atoms with E-state index in [0.717, 1.165) is 25.8 Å². The first-order valence-electron chi connectivity index (χ1n) is 7.30. The molecule has 4 heteroatoms. The van der Waals surface area contributed by atoms with Crippen molar-refractivity contribution >= 4 is 23.1 Å². The molecule has 0 aliphatic carbocycles. The maximum Gasteiger partial charge on any atom is 0.276 e. The molecule has 112 valence electrons. The molecule has 0 atom stereocenters. The Morgan fingerprint density at radius 2 is 1.35 bits per heavy atom. The lowest BCUT2D eigenvalue weighted by atomic mass is 10.1. The van der Waals surface area contributed by atoms with Crippen LogP contribution in [0.2, 0.25) is 0 Å². The fourth-order valence-corrected chi connectivity index (χ4v) is 1.76. The predicted octanol–water partition coefficient (Wildman–Crippen LogP) is 2.98. The number of hydrogen-bond donors (Lipinski definition) is 0. The Bertz CT molecular complexity index is 380. The normalized spacial score (nSPS) is 10.7. The summed E-state index contributed by atoms with van der Waals surface area (Å²) in [5.41, 5.74) is 0. The molecule has 0 spiro atoms. The van der Waals surface area contributed by atoms with Gasteiger partial charge in [-0.15, -0.1) is 0 Å². The van der Waals surface area contributed by atoms with Gasteiger partial charge in [0.05, 0.1) is 0 Å². The Hall–Kier alpha value is -1.58. The van der Waals surface area contributed by atoms with Gasteiger partial charge in [-0.3, -0.25) is 19.2 Å². The number of carbonyl (C=O) groups excluding carboxylic acids is 4. The van der Waals surface area contributed by atoms with E-state index in [2.05, 4.69) is 6.92 Å². The molecule has 0 bridgehead atoms. The quantitative estimate of drug-likeness (QED) is 0.238. The molecule has 0 aliphatic rings. The smallest absolute Gasteiger partial charge is 0.276 e. The van der Waals surface area contributed by atoms with Crippen molar-refractivity contribution in [1.29, 1.82) is 0 Å². The van der Waals surface area contributed by atoms with Gasteiger partial charge in [0.1, 0.15) is 0 Å². The standard InChI is InChI=1S/C16H24O4/c1-3-4-5-6-7-8-9-10-11-12-14(18)16(20)15(19)13(2)17/h11-12H,3-10H2,1-2H3. The zero-order valence-corrected chi connectivity index (χ0v) is 12.4. The number of Topliss-reactive ketones (excluding diaryl/α,β-unsaturated/α-hetero) is 3. The first kappa shape index (κ1) is 18.4. The minimum absolute atomic E-state index is 0.709. The fraction of sp³-hybridized carbons (Fsp3) is 0.625. The lowest BCUT2D eigenvalue weighted by molar-refractivity contribution is -0.146. The van der Waals surface area contributed by atoms with Crippen LogP contribution in [0.5, 0.6) is 0 Å². The molecule has 20 heavy (non-hydrogen) atoms. The van der Waals surface area contributed by atoms with Gasteiger partial charge in [0.2, 0.25) is 11.6 Å². The fourth-order valence-electron chi connectivity index (χ4n) is 1.76. The van der Waals surface area contributed by atoms with E-state index in [9.17, 15) is 19.2 Å². The van der Waals surface area contributed by atoms with Crippen LogP contribution in [0, 0.1) is 0 Å². The molecule has 0 heterocycles. The maximum atomic E-state index is 11.3. The molecule has 0 aromatic heterocycles. The number of allylic oxidation sites excluding steroid dienone is 2. The Kier molecular flexibility index (Phi) is 10.4. The number of rotatable bonds is 12. The highest BCUT2D eigenvalue weighted by Crippen LogP contribution is 2.08. The highest BCUT2D eigenvalue weighted by atomic mass is 16.2. The van der Waals surface area contributed by atoms with Crippen molar-refractivity contribution in [3.63, 3.8) is 0 Å². The molecule has 0 saturated carbocycles. The molecule has 0 fully saturated rings. The van der Waals surface area contributed by atoms with Gasteiger partial charge < -0.3 is 0 Å². The first-order valence-corrected chi connectivity index (χ1v) is 7.30. The summed E-state index contributed by atoms with van der Waals surface area (Å²) in [5, 5.41) is 0. The van der Waals surface area contributed by atoms with Crippen molar-refractivity contribution < 1.29 is 19.2 Å². The molecule has 4 nitrogen and oxygen atoms in total. The van der Waals surface area contributed by atoms with Gasteiger partial charge in [0.25, 0.3) is 11.6 Å². The SMILES string of the molecule is CCCCCCCCCC=CC(=O)C(=O)C(=O)C(C)=O. The molecule has 0 N–H and O–H groups in total. The van der Waals surface area contributed by atoms with E-state index in [-0.39, 0.29) is 0 Å². The van der Waals surface area contributed by atoms with Crippen molar-refractivity contribution in [3.05, 3.63) is 12.2 Å². The van der Waals surface area contributed by atoms with Gasteiger partial charge in [-0.25, -0.2) is 0 Å². The van der Waals surface area contributed by atoms with Crippen molar-refractivity contribution in [3.8, 4) is 0 Å². The van der Waals surface area contributed by atoms with Crippen LogP contribution in [-0.4, -0.2) is 23.1 Å². The van der Waals surface area contributed by atoms with Crippen molar-refractivity contribution in [2.75, 3.05) is 0 Å². The summed E-state index contributed by atoms with van der Waals surface area (Å²) < 4.78 is 0. The third kappa shape index (κ3) is 8.51. The van der Waals surface area contributed by atoms with E-state index in [4.69, 9.17) is 0 Å². The summed E-state index contributed by atoms with van der Waals surface area (Å²) in [7, 11) is 0. The van der Waals surface area contributed by atoms with E-state index < -0.39 is 23.1 Å². The van der Waals surface area contributed by atoms with Crippen LogP contribution >= 0.6 is 0 Å². The number of hydrogen-bond acceptors (Lipinski definition) is 4. The van der Waals surface area contributed by atoms with E-state index in [1.165, 1.54) is 32.1 Å². The summed E-state index contributed by atoms with van der Waals surface area (Å²) >= 11 is 0. The first-order chi connectivity index (χ1) is 9.50. The van der Waals surface area contributed by atoms with Crippen LogP contribution in [-0.2, 0) is 19.2 Å². The Labute approximate surface area is 120 Å². The van der Waals surface area contributed by atoms with Crippen LogP contribution in [0.3, 0.4) is 0 Å². The van der Waals surface area contributed by atoms with Crippen molar-refractivity contribution in [2.24, 2.45) is 0 Å². The van der Waals surface area contributed by atoms with Gasteiger partial charge in [-0.1, -0.05) is 51.5 Å². The summed E-state index contributed by atoms with van der Waals surface area (Å²) in [4.78, 5) is 44.1. The Morgan fingerprint density at radius 1 is 0.800 bits per heavy atom. The molecular formula is C16H24O4. The Balaban J connectivity index is 3.75. The molecule has 0 unspecified atom stereocenters. The molecular weight excluding hydrogens is 256 g/mol. The molecule has 0 rings (SSSR count). The Morgan fingerprint density at radius 3 is 1.90 bits per heavy atom. The molecule has 0 aliphatic heterocycles. The predicted molar refractivity (Wildman–Crippen MR) is 77.5 cm³/mol. The van der Waals surface area contributed by atoms with Gasteiger partial charge in [-0.05, 0) is 18.9 Å². The lowest BCUT2D eigenvalue weighted by Crippen LogP contribution is -2.27. The van der Waals surface area contributed by atoms with E-state index in [1.54, 1.807) is 6.08 Å². The van der Waals surface area contributed by atoms with E-state index in [1.807, 2.05) is 0 Å². The van der Waals surface area contributed by atoms with Crippen molar-refractivity contribution in [1.82, 2.24) is 0 Å².